The maximum Gasteiger partial charge on any atom is 0.165 e. The number of halogens is 1. The van der Waals surface area contributed by atoms with Gasteiger partial charge in [0.05, 0.1) is 0 Å². The van der Waals surface area contributed by atoms with Gasteiger partial charge in [0.1, 0.15) is 6.61 Å². The van der Waals surface area contributed by atoms with E-state index in [1.807, 2.05) is 24.3 Å². The summed E-state index contributed by atoms with van der Waals surface area (Å²) in [5.74, 6) is 0.183. The average Bonchev–Trinajstić information content (AvgIpc) is 2.60. The minimum absolute atomic E-state index is 0.255. The molecule has 0 saturated carbocycles. The Balaban J connectivity index is 1.98. The first-order valence-electron chi connectivity index (χ1n) is 8.87. The normalized spacial score (nSPS) is 17.0. The van der Waals surface area contributed by atoms with Crippen LogP contribution >= 0.6 is 0 Å². The predicted molar refractivity (Wildman–Crippen MR) is 97.0 cm³/mol. The summed E-state index contributed by atoms with van der Waals surface area (Å²) in [5, 5.41) is 0. The van der Waals surface area contributed by atoms with E-state index in [4.69, 9.17) is 4.74 Å². The summed E-state index contributed by atoms with van der Waals surface area (Å²) in [6.07, 6.45) is 1.94. The van der Waals surface area contributed by atoms with Gasteiger partial charge in [-0.25, -0.2) is 4.39 Å². The van der Waals surface area contributed by atoms with E-state index in [9.17, 15) is 4.39 Å². The van der Waals surface area contributed by atoms with Gasteiger partial charge in [-0.3, -0.25) is 4.90 Å². The summed E-state index contributed by atoms with van der Waals surface area (Å²) in [5.41, 5.74) is 3.20. The number of benzene rings is 2. The van der Waals surface area contributed by atoms with Gasteiger partial charge < -0.3 is 4.74 Å². The second-order valence-electron chi connectivity index (χ2n) is 6.77. The van der Waals surface area contributed by atoms with Crippen LogP contribution in [0.2, 0.25) is 0 Å². The third-order valence-corrected chi connectivity index (χ3v) is 4.77. The SMILES string of the molecule is CCCN(C(C)C)C1COc2c(F)ccc(-c3ccccc3)c2C1. The van der Waals surface area contributed by atoms with Crippen molar-refractivity contribution in [2.75, 3.05) is 13.2 Å². The lowest BCUT2D eigenvalue weighted by Crippen LogP contribution is -2.47. The summed E-state index contributed by atoms with van der Waals surface area (Å²) in [7, 11) is 0. The van der Waals surface area contributed by atoms with Crippen molar-refractivity contribution in [2.45, 2.75) is 45.7 Å². The van der Waals surface area contributed by atoms with Crippen LogP contribution < -0.4 is 4.74 Å². The first kappa shape index (κ1) is 17.0. The van der Waals surface area contributed by atoms with Crippen molar-refractivity contribution in [1.82, 2.24) is 4.90 Å². The van der Waals surface area contributed by atoms with Gasteiger partial charge in [0.15, 0.2) is 11.6 Å². The Bertz CT molecular complexity index is 684. The van der Waals surface area contributed by atoms with Crippen LogP contribution in [0.1, 0.15) is 32.8 Å². The van der Waals surface area contributed by atoms with E-state index in [-0.39, 0.29) is 5.82 Å². The van der Waals surface area contributed by atoms with Crippen LogP contribution in [0, 0.1) is 5.82 Å². The van der Waals surface area contributed by atoms with Crippen molar-refractivity contribution < 1.29 is 9.13 Å². The van der Waals surface area contributed by atoms with E-state index in [1.54, 1.807) is 0 Å². The molecule has 0 amide bonds. The van der Waals surface area contributed by atoms with Crippen LogP contribution in [0.25, 0.3) is 11.1 Å². The third kappa shape index (κ3) is 3.32. The number of nitrogens with zero attached hydrogens (tertiary/aromatic N) is 1. The zero-order valence-electron chi connectivity index (χ0n) is 14.8. The highest BCUT2D eigenvalue weighted by atomic mass is 19.1. The molecule has 2 nitrogen and oxygen atoms in total. The molecule has 3 heteroatoms. The van der Waals surface area contributed by atoms with Gasteiger partial charge in [-0.15, -0.1) is 0 Å². The Morgan fingerprint density at radius 2 is 1.92 bits per heavy atom. The predicted octanol–water partition coefficient (Wildman–Crippen LogP) is 4.92. The van der Waals surface area contributed by atoms with E-state index in [2.05, 4.69) is 37.8 Å². The molecular formula is C21H26FNO. The van der Waals surface area contributed by atoms with Gasteiger partial charge in [-0.2, -0.15) is 0 Å². The standard InChI is InChI=1S/C21H26FNO/c1-4-12-23(15(2)3)17-13-19-18(16-8-6-5-7-9-16)10-11-20(22)21(19)24-14-17/h5-11,15,17H,4,12-14H2,1-3H3. The Kier molecular flexibility index (Phi) is 5.20. The van der Waals surface area contributed by atoms with Crippen LogP contribution in [0.15, 0.2) is 42.5 Å². The zero-order valence-corrected chi connectivity index (χ0v) is 14.8. The topological polar surface area (TPSA) is 12.5 Å². The molecule has 128 valence electrons. The highest BCUT2D eigenvalue weighted by molar-refractivity contribution is 5.70. The lowest BCUT2D eigenvalue weighted by Gasteiger charge is -2.38. The molecule has 0 radical (unpaired) electrons. The Morgan fingerprint density at radius 1 is 1.17 bits per heavy atom. The van der Waals surface area contributed by atoms with Crippen LogP contribution in [0.4, 0.5) is 4.39 Å². The smallest absolute Gasteiger partial charge is 0.165 e. The summed E-state index contributed by atoms with van der Waals surface area (Å²) >= 11 is 0. The number of fused-ring (bicyclic) bond motifs is 1. The van der Waals surface area contributed by atoms with E-state index >= 15 is 0 Å². The maximum atomic E-state index is 14.3. The molecule has 0 bridgehead atoms. The largest absolute Gasteiger partial charge is 0.489 e. The first-order chi connectivity index (χ1) is 11.6. The molecule has 0 aromatic heterocycles. The molecule has 0 saturated heterocycles. The number of hydrogen-bond acceptors (Lipinski definition) is 2. The summed E-state index contributed by atoms with van der Waals surface area (Å²) < 4.78 is 20.2. The maximum absolute atomic E-state index is 14.3. The summed E-state index contributed by atoms with van der Waals surface area (Å²) in [6.45, 7) is 8.23. The molecule has 0 fully saturated rings. The third-order valence-electron chi connectivity index (χ3n) is 4.77. The van der Waals surface area contributed by atoms with Crippen molar-refractivity contribution in [2.24, 2.45) is 0 Å². The first-order valence-corrected chi connectivity index (χ1v) is 8.87. The van der Waals surface area contributed by atoms with Crippen LogP contribution in [-0.2, 0) is 6.42 Å². The minimum Gasteiger partial charge on any atom is -0.489 e. The van der Waals surface area contributed by atoms with Crippen molar-refractivity contribution in [3.63, 3.8) is 0 Å². The number of rotatable bonds is 5. The van der Waals surface area contributed by atoms with Crippen molar-refractivity contribution in [1.29, 1.82) is 0 Å². The second-order valence-corrected chi connectivity index (χ2v) is 6.77. The lowest BCUT2D eigenvalue weighted by molar-refractivity contribution is 0.0903. The summed E-state index contributed by atoms with van der Waals surface area (Å²) in [6, 6.07) is 14.3. The molecule has 3 rings (SSSR count). The Hall–Kier alpha value is -1.87. The van der Waals surface area contributed by atoms with Gasteiger partial charge in [0.25, 0.3) is 0 Å². The molecule has 0 aliphatic carbocycles. The van der Waals surface area contributed by atoms with E-state index in [0.29, 0.717) is 24.4 Å². The van der Waals surface area contributed by atoms with Gasteiger partial charge in [-0.1, -0.05) is 43.3 Å². The Labute approximate surface area is 144 Å². The fourth-order valence-electron chi connectivity index (χ4n) is 3.65. The average molecular weight is 327 g/mol. The molecule has 24 heavy (non-hydrogen) atoms. The molecule has 1 aliphatic heterocycles. The number of ether oxygens (including phenoxy) is 1. The van der Waals surface area contributed by atoms with Gasteiger partial charge >= 0.3 is 0 Å². The molecule has 1 heterocycles. The van der Waals surface area contributed by atoms with Crippen molar-refractivity contribution in [3.8, 4) is 16.9 Å². The van der Waals surface area contributed by atoms with Crippen LogP contribution in [0.3, 0.4) is 0 Å². The van der Waals surface area contributed by atoms with Gasteiger partial charge in [-0.05, 0) is 50.4 Å². The molecule has 1 unspecified atom stereocenters. The molecule has 1 atom stereocenters. The second kappa shape index (κ2) is 7.35. The molecule has 2 aromatic rings. The fourth-order valence-corrected chi connectivity index (χ4v) is 3.65. The molecule has 0 N–H and O–H groups in total. The highest BCUT2D eigenvalue weighted by Crippen LogP contribution is 2.37. The fraction of sp³-hybridized carbons (Fsp3) is 0.429. The number of hydrogen-bond donors (Lipinski definition) is 0. The minimum atomic E-state index is -0.255. The quantitative estimate of drug-likeness (QED) is 0.773. The van der Waals surface area contributed by atoms with Gasteiger partial charge in [0, 0.05) is 17.6 Å². The Morgan fingerprint density at radius 3 is 2.58 bits per heavy atom. The molecule has 1 aliphatic rings. The molecule has 2 aromatic carbocycles. The van der Waals surface area contributed by atoms with Crippen molar-refractivity contribution in [3.05, 3.63) is 53.8 Å². The summed E-state index contributed by atoms with van der Waals surface area (Å²) in [4.78, 5) is 2.47. The van der Waals surface area contributed by atoms with E-state index in [0.717, 1.165) is 36.1 Å². The van der Waals surface area contributed by atoms with E-state index in [1.165, 1.54) is 6.07 Å². The highest BCUT2D eigenvalue weighted by Gasteiger charge is 2.30. The molecule has 0 spiro atoms. The molecular weight excluding hydrogens is 301 g/mol. The van der Waals surface area contributed by atoms with Crippen LogP contribution in [0.5, 0.6) is 5.75 Å². The van der Waals surface area contributed by atoms with E-state index < -0.39 is 0 Å². The zero-order chi connectivity index (χ0) is 17.1. The monoisotopic (exact) mass is 327 g/mol. The van der Waals surface area contributed by atoms with Crippen LogP contribution in [-0.4, -0.2) is 30.1 Å². The van der Waals surface area contributed by atoms with Crippen molar-refractivity contribution >= 4 is 0 Å². The lowest BCUT2D eigenvalue weighted by atomic mass is 9.91. The van der Waals surface area contributed by atoms with Gasteiger partial charge in [0.2, 0.25) is 0 Å².